The van der Waals surface area contributed by atoms with E-state index < -0.39 is 38.8 Å². The van der Waals surface area contributed by atoms with Gasteiger partial charge in [-0.05, 0) is 38.9 Å². The normalized spacial score (nSPS) is 33.0. The molecule has 0 saturated carbocycles. The average molecular weight is 377 g/mol. The third-order valence-electron chi connectivity index (χ3n) is 5.18. The first-order valence-corrected chi connectivity index (χ1v) is 11.6. The second kappa shape index (κ2) is 6.81. The van der Waals surface area contributed by atoms with Crippen LogP contribution in [-0.4, -0.2) is 58.1 Å². The zero-order chi connectivity index (χ0) is 19.2. The lowest BCUT2D eigenvalue weighted by Crippen LogP contribution is -2.52. The second-order valence-electron chi connectivity index (χ2n) is 8.69. The number of hydrogen-bond donors (Lipinski definition) is 0. The summed E-state index contributed by atoms with van der Waals surface area (Å²) in [6, 6.07) is 0. The number of ether oxygens (including phenoxy) is 5. The molecule has 0 aromatic carbocycles. The molecule has 146 valence electrons. The Labute approximate surface area is 151 Å². The van der Waals surface area contributed by atoms with Crippen LogP contribution in [0.3, 0.4) is 0 Å². The Morgan fingerprint density at radius 1 is 1.20 bits per heavy atom. The smallest absolute Gasteiger partial charge is 0.438 e. The van der Waals surface area contributed by atoms with Crippen molar-refractivity contribution in [2.75, 3.05) is 7.11 Å². The third-order valence-corrected chi connectivity index (χ3v) is 9.65. The molecular formula is C17H32O7Si. The zero-order valence-corrected chi connectivity index (χ0v) is 17.7. The number of fused-ring (bicyclic) bond motifs is 1. The summed E-state index contributed by atoms with van der Waals surface area (Å²) in [6.07, 6.45) is -3.08. The molecule has 0 bridgehead atoms. The van der Waals surface area contributed by atoms with E-state index in [1.807, 2.05) is 13.8 Å². The highest BCUT2D eigenvalue weighted by atomic mass is 28.4. The molecule has 8 heteroatoms. The molecule has 1 unspecified atom stereocenters. The van der Waals surface area contributed by atoms with Gasteiger partial charge in [0, 0.05) is 0 Å². The molecular weight excluding hydrogens is 344 g/mol. The number of hydrogen-bond acceptors (Lipinski definition) is 7. The van der Waals surface area contributed by atoms with Crippen molar-refractivity contribution in [3.63, 3.8) is 0 Å². The molecule has 0 aromatic rings. The van der Waals surface area contributed by atoms with Gasteiger partial charge < -0.3 is 28.1 Å². The second-order valence-corrected chi connectivity index (χ2v) is 13.4. The van der Waals surface area contributed by atoms with Gasteiger partial charge in [-0.1, -0.05) is 20.8 Å². The van der Waals surface area contributed by atoms with E-state index >= 15 is 0 Å². The van der Waals surface area contributed by atoms with Gasteiger partial charge in [-0.25, -0.2) is 4.79 Å². The van der Waals surface area contributed by atoms with Crippen LogP contribution in [0.2, 0.25) is 18.1 Å². The molecule has 5 atom stereocenters. The van der Waals surface area contributed by atoms with Gasteiger partial charge in [0.2, 0.25) is 0 Å². The molecule has 2 aliphatic rings. The van der Waals surface area contributed by atoms with E-state index in [4.69, 9.17) is 23.4 Å². The maximum Gasteiger partial charge on any atom is 0.508 e. The van der Waals surface area contributed by atoms with Crippen molar-refractivity contribution in [3.8, 4) is 0 Å². The predicted octanol–water partition coefficient (Wildman–Crippen LogP) is 3.42. The standard InChI is InChI=1S/C17H32O7Si/c1-10(20-15(18)19-7)11-12(24-25(8,9)16(2,3)4)13-14(21-11)23-17(5,6)22-13/h10-14H,1-9H3/t10?,11-,12+,13-,14-/m0/s1. The Bertz CT molecular complexity index is 500. The van der Waals surface area contributed by atoms with Gasteiger partial charge >= 0.3 is 6.16 Å². The van der Waals surface area contributed by atoms with E-state index in [1.165, 1.54) is 7.11 Å². The summed E-state index contributed by atoms with van der Waals surface area (Å²) in [5.41, 5.74) is 0. The molecule has 0 aromatic heterocycles. The summed E-state index contributed by atoms with van der Waals surface area (Å²) in [6.45, 7) is 16.3. The molecule has 2 saturated heterocycles. The Morgan fingerprint density at radius 2 is 1.80 bits per heavy atom. The summed E-state index contributed by atoms with van der Waals surface area (Å²) in [5, 5.41) is 0.0249. The van der Waals surface area contributed by atoms with Gasteiger partial charge in [0.05, 0.1) is 7.11 Å². The van der Waals surface area contributed by atoms with Crippen LogP contribution >= 0.6 is 0 Å². The number of carbonyl (C=O) groups excluding carboxylic acids is 1. The number of rotatable bonds is 4. The van der Waals surface area contributed by atoms with Gasteiger partial charge in [0.25, 0.3) is 0 Å². The van der Waals surface area contributed by atoms with Crippen molar-refractivity contribution < 1.29 is 32.9 Å². The lowest BCUT2D eigenvalue weighted by molar-refractivity contribution is -0.224. The first-order valence-electron chi connectivity index (χ1n) is 8.71. The first-order chi connectivity index (χ1) is 11.3. The van der Waals surface area contributed by atoms with Gasteiger partial charge in [0.15, 0.2) is 20.4 Å². The van der Waals surface area contributed by atoms with Crippen LogP contribution in [0.25, 0.3) is 0 Å². The van der Waals surface area contributed by atoms with E-state index in [9.17, 15) is 4.79 Å². The van der Waals surface area contributed by atoms with Crippen molar-refractivity contribution in [2.45, 2.75) is 96.2 Å². The lowest BCUT2D eigenvalue weighted by atomic mass is 10.1. The molecule has 2 rings (SSSR count). The quantitative estimate of drug-likeness (QED) is 0.550. The topological polar surface area (TPSA) is 72.5 Å². The Hall–Kier alpha value is -0.673. The van der Waals surface area contributed by atoms with E-state index in [1.54, 1.807) is 6.92 Å². The van der Waals surface area contributed by atoms with Crippen LogP contribution in [0.15, 0.2) is 0 Å². The van der Waals surface area contributed by atoms with Crippen LogP contribution in [0.5, 0.6) is 0 Å². The molecule has 2 heterocycles. The molecule has 25 heavy (non-hydrogen) atoms. The van der Waals surface area contributed by atoms with Crippen molar-refractivity contribution in [1.29, 1.82) is 0 Å². The minimum Gasteiger partial charge on any atom is -0.438 e. The molecule has 0 radical (unpaired) electrons. The highest BCUT2D eigenvalue weighted by Gasteiger charge is 2.59. The molecule has 0 N–H and O–H groups in total. The summed E-state index contributed by atoms with van der Waals surface area (Å²) in [7, 11) is -0.824. The SMILES string of the molecule is COC(=O)OC(C)[C@@H]1O[C@H]2OC(C)(C)O[C@H]2[C@@H]1O[Si](C)(C)C(C)(C)C. The van der Waals surface area contributed by atoms with Gasteiger partial charge in [-0.15, -0.1) is 0 Å². The minimum atomic E-state index is -2.10. The van der Waals surface area contributed by atoms with Crippen LogP contribution in [0.1, 0.15) is 41.5 Å². The summed E-state index contributed by atoms with van der Waals surface area (Å²) >= 11 is 0. The van der Waals surface area contributed by atoms with Gasteiger partial charge in [0.1, 0.15) is 24.4 Å². The van der Waals surface area contributed by atoms with E-state index in [0.29, 0.717) is 0 Å². The van der Waals surface area contributed by atoms with E-state index in [0.717, 1.165) is 0 Å². The van der Waals surface area contributed by atoms with Crippen LogP contribution in [0.4, 0.5) is 4.79 Å². The Kier molecular flexibility index (Phi) is 5.62. The van der Waals surface area contributed by atoms with Crippen LogP contribution in [-0.2, 0) is 28.1 Å². The molecule has 0 aliphatic carbocycles. The van der Waals surface area contributed by atoms with Crippen molar-refractivity contribution in [3.05, 3.63) is 0 Å². The summed E-state index contributed by atoms with van der Waals surface area (Å²) in [5.74, 6) is -0.734. The third kappa shape index (κ3) is 4.36. The summed E-state index contributed by atoms with van der Waals surface area (Å²) in [4.78, 5) is 11.5. The minimum absolute atomic E-state index is 0.0249. The predicted molar refractivity (Wildman–Crippen MR) is 93.7 cm³/mol. The number of carbonyl (C=O) groups is 1. The molecule has 2 aliphatic heterocycles. The van der Waals surface area contributed by atoms with Gasteiger partial charge in [-0.3, -0.25) is 0 Å². The molecule has 0 spiro atoms. The first kappa shape index (κ1) is 20.6. The largest absolute Gasteiger partial charge is 0.508 e. The molecule has 7 nitrogen and oxygen atoms in total. The number of methoxy groups -OCH3 is 1. The Balaban J connectivity index is 2.23. The van der Waals surface area contributed by atoms with Crippen LogP contribution < -0.4 is 0 Å². The fourth-order valence-corrected chi connectivity index (χ4v) is 4.10. The average Bonchev–Trinajstić information content (AvgIpc) is 2.90. The van der Waals surface area contributed by atoms with Crippen molar-refractivity contribution in [1.82, 2.24) is 0 Å². The highest BCUT2D eigenvalue weighted by molar-refractivity contribution is 6.74. The van der Waals surface area contributed by atoms with E-state index in [-0.39, 0.29) is 17.2 Å². The van der Waals surface area contributed by atoms with E-state index in [2.05, 4.69) is 38.6 Å². The summed E-state index contributed by atoms with van der Waals surface area (Å²) < 4.78 is 34.3. The molecule has 2 fully saturated rings. The fourth-order valence-electron chi connectivity index (χ4n) is 2.80. The van der Waals surface area contributed by atoms with Crippen molar-refractivity contribution >= 4 is 14.5 Å². The van der Waals surface area contributed by atoms with Crippen molar-refractivity contribution in [2.24, 2.45) is 0 Å². The monoisotopic (exact) mass is 376 g/mol. The zero-order valence-electron chi connectivity index (χ0n) is 16.7. The molecule has 0 amide bonds. The maximum atomic E-state index is 11.5. The maximum absolute atomic E-state index is 11.5. The van der Waals surface area contributed by atoms with Gasteiger partial charge in [-0.2, -0.15) is 0 Å². The lowest BCUT2D eigenvalue weighted by Gasteiger charge is -2.41. The van der Waals surface area contributed by atoms with Crippen LogP contribution in [0, 0.1) is 0 Å². The fraction of sp³-hybridized carbons (Fsp3) is 0.941. The highest BCUT2D eigenvalue weighted by Crippen LogP contribution is 2.44. The Morgan fingerprint density at radius 3 is 2.32 bits per heavy atom.